The first-order valence-electron chi connectivity index (χ1n) is 3.61. The van der Waals surface area contributed by atoms with E-state index in [-0.39, 0.29) is 0 Å². The molecule has 0 saturated heterocycles. The van der Waals surface area contributed by atoms with Gasteiger partial charge in [0, 0.05) is 6.42 Å². The number of aldehydes is 1. The molecule has 0 amide bonds. The second kappa shape index (κ2) is 8.11. The van der Waals surface area contributed by atoms with Crippen LogP contribution in [-0.2, 0) is 4.79 Å². The summed E-state index contributed by atoms with van der Waals surface area (Å²) in [5.41, 5.74) is 0. The fourth-order valence-electron chi connectivity index (χ4n) is 0.818. The van der Waals surface area contributed by atoms with E-state index >= 15 is 0 Å². The van der Waals surface area contributed by atoms with Crippen molar-refractivity contribution in [3.63, 3.8) is 0 Å². The quantitative estimate of drug-likeness (QED) is 0.462. The Labute approximate surface area is 71.8 Å². The van der Waals surface area contributed by atoms with Crippen LogP contribution in [0.15, 0.2) is 0 Å². The van der Waals surface area contributed by atoms with Crippen LogP contribution in [0.2, 0.25) is 0 Å². The fourth-order valence-corrected chi connectivity index (χ4v) is 1.99. The normalized spacial score (nSPS) is 13.9. The van der Waals surface area contributed by atoms with E-state index in [2.05, 4.69) is 18.8 Å². The van der Waals surface area contributed by atoms with Crippen molar-refractivity contribution in [3.05, 3.63) is 0 Å². The van der Waals surface area contributed by atoms with E-state index in [1.54, 1.807) is 0 Å². The first kappa shape index (κ1) is 11.0. The Bertz CT molecular complexity index is 133. The molecule has 0 fully saturated rings. The van der Waals surface area contributed by atoms with Gasteiger partial charge in [-0.2, -0.15) is 0 Å². The minimum absolute atomic E-state index is 0.527. The molecule has 0 spiro atoms. The molecule has 1 atom stereocenters. The molecule has 0 aromatic carbocycles. The van der Waals surface area contributed by atoms with Gasteiger partial charge in [0.15, 0.2) is 0 Å². The summed E-state index contributed by atoms with van der Waals surface area (Å²) in [6.45, 7) is 2.10. The van der Waals surface area contributed by atoms with Crippen LogP contribution in [0.3, 0.4) is 0 Å². The molecule has 0 saturated carbocycles. The van der Waals surface area contributed by atoms with E-state index in [1.165, 1.54) is 8.20 Å². The Morgan fingerprint density at radius 3 is 2.73 bits per heavy atom. The Morgan fingerprint density at radius 2 is 2.27 bits per heavy atom. The van der Waals surface area contributed by atoms with Crippen molar-refractivity contribution in [2.45, 2.75) is 12.8 Å². The van der Waals surface area contributed by atoms with Crippen LogP contribution >= 0.6 is 16.4 Å². The highest BCUT2D eigenvalue weighted by molar-refractivity contribution is 7.37. The fraction of sp³-hybridized carbons (Fsp3) is 0.625. The van der Waals surface area contributed by atoms with Gasteiger partial charge in [0.2, 0.25) is 0 Å². The van der Waals surface area contributed by atoms with Crippen molar-refractivity contribution >= 4 is 34.8 Å². The predicted octanol–water partition coefficient (Wildman–Crippen LogP) is 2.34. The molecule has 0 bridgehead atoms. The summed E-state index contributed by atoms with van der Waals surface area (Å²) in [4.78, 5) is 10.2. The molecule has 3 heteroatoms. The maximum atomic E-state index is 10.2. The highest BCUT2D eigenvalue weighted by atomic mass is 31.1. The van der Waals surface area contributed by atoms with Crippen molar-refractivity contribution in [1.82, 2.24) is 0 Å². The minimum Gasteiger partial charge on any atom is -0.303 e. The van der Waals surface area contributed by atoms with Gasteiger partial charge < -0.3 is 4.79 Å². The summed E-state index contributed by atoms with van der Waals surface area (Å²) in [7, 11) is 2.45. The van der Waals surface area contributed by atoms with E-state index in [0.717, 1.165) is 27.1 Å². The Kier molecular flexibility index (Phi) is 8.12. The smallest absolute Gasteiger partial charge is 0.120 e. The molecule has 11 heavy (non-hydrogen) atoms. The van der Waals surface area contributed by atoms with Crippen molar-refractivity contribution in [2.75, 3.05) is 12.8 Å². The van der Waals surface area contributed by atoms with Crippen LogP contribution in [0.4, 0.5) is 0 Å². The third-order valence-corrected chi connectivity index (χ3v) is 2.79. The topological polar surface area (TPSA) is 17.1 Å². The lowest BCUT2D eigenvalue weighted by atomic mass is 10.1. The molecule has 62 valence electrons. The average Bonchev–Trinajstić information content (AvgIpc) is 2.01. The highest BCUT2D eigenvalue weighted by Crippen LogP contribution is 2.12. The van der Waals surface area contributed by atoms with Crippen LogP contribution in [0.25, 0.3) is 0 Å². The van der Waals surface area contributed by atoms with Gasteiger partial charge in [0.25, 0.3) is 0 Å². The number of rotatable bonds is 6. The lowest BCUT2D eigenvalue weighted by molar-refractivity contribution is -0.108. The van der Waals surface area contributed by atoms with Crippen LogP contribution in [0, 0.1) is 5.92 Å². The molecule has 0 aromatic rings. The molecule has 0 aliphatic carbocycles. The summed E-state index contributed by atoms with van der Waals surface area (Å²) in [6, 6.07) is 0. The monoisotopic (exact) mass is 188 g/mol. The van der Waals surface area contributed by atoms with E-state index in [0.29, 0.717) is 12.3 Å². The molecule has 0 radical (unpaired) electrons. The number of hydrogen-bond donors (Lipinski definition) is 0. The van der Waals surface area contributed by atoms with Crippen LogP contribution < -0.4 is 0 Å². The molecule has 1 nitrogen and oxygen atoms in total. The standard InChI is InChI=1S/C8H14OP2/c1-10-6-4-8(3-5-9)7-11-2/h5-6,8H,2-4,7H2,1H3. The first-order chi connectivity index (χ1) is 5.35. The van der Waals surface area contributed by atoms with Crippen LogP contribution in [0.1, 0.15) is 12.8 Å². The third kappa shape index (κ3) is 6.41. The lowest BCUT2D eigenvalue weighted by Crippen LogP contribution is -2.02. The predicted molar refractivity (Wildman–Crippen MR) is 56.6 cm³/mol. The van der Waals surface area contributed by atoms with Crippen molar-refractivity contribution in [1.29, 1.82) is 0 Å². The first-order valence-corrected chi connectivity index (χ1v) is 6.29. The molecule has 0 aliphatic heterocycles. The number of carbonyl (C=O) groups excluding carboxylic acids is 1. The van der Waals surface area contributed by atoms with Gasteiger partial charge in [0.1, 0.15) is 6.29 Å². The van der Waals surface area contributed by atoms with Gasteiger partial charge in [-0.05, 0) is 25.2 Å². The second-order valence-corrected chi connectivity index (χ2v) is 4.04. The summed E-state index contributed by atoms with van der Waals surface area (Å²) >= 11 is 0. The van der Waals surface area contributed by atoms with E-state index in [4.69, 9.17) is 0 Å². The van der Waals surface area contributed by atoms with E-state index < -0.39 is 0 Å². The molecule has 0 heterocycles. The summed E-state index contributed by atoms with van der Waals surface area (Å²) < 4.78 is 0. The van der Waals surface area contributed by atoms with Gasteiger partial charge in [-0.1, -0.05) is 12.1 Å². The minimum atomic E-state index is 0.527. The van der Waals surface area contributed by atoms with Gasteiger partial charge in [-0.15, -0.1) is 16.4 Å². The zero-order valence-corrected chi connectivity index (χ0v) is 8.65. The molecule has 1 unspecified atom stereocenters. The molecule has 0 N–H and O–H groups in total. The number of carbonyl (C=O) groups is 1. The zero-order valence-electron chi connectivity index (χ0n) is 6.86. The van der Waals surface area contributed by atoms with Gasteiger partial charge in [-0.25, -0.2) is 0 Å². The highest BCUT2D eigenvalue weighted by Gasteiger charge is 2.03. The lowest BCUT2D eigenvalue weighted by Gasteiger charge is -2.06. The molecule has 0 rings (SSSR count). The molecular weight excluding hydrogens is 174 g/mol. The largest absolute Gasteiger partial charge is 0.303 e. The SMILES string of the molecule is C=PCC(CC=O)CC=PC. The van der Waals surface area contributed by atoms with Gasteiger partial charge in [-0.3, -0.25) is 0 Å². The van der Waals surface area contributed by atoms with Crippen LogP contribution in [-0.4, -0.2) is 31.2 Å². The Morgan fingerprint density at radius 1 is 1.55 bits per heavy atom. The summed E-state index contributed by atoms with van der Waals surface area (Å²) in [5, 5.41) is 0. The molecule has 0 aromatic heterocycles. The van der Waals surface area contributed by atoms with Crippen molar-refractivity contribution in [3.8, 4) is 0 Å². The number of hydrogen-bond acceptors (Lipinski definition) is 1. The second-order valence-electron chi connectivity index (χ2n) is 2.35. The average molecular weight is 188 g/mol. The summed E-state index contributed by atoms with van der Waals surface area (Å²) in [5.74, 6) is 2.73. The maximum Gasteiger partial charge on any atom is 0.120 e. The van der Waals surface area contributed by atoms with Crippen LogP contribution in [0.5, 0.6) is 0 Å². The Hall–Kier alpha value is 0.01000. The van der Waals surface area contributed by atoms with E-state index in [9.17, 15) is 4.79 Å². The van der Waals surface area contributed by atoms with Crippen molar-refractivity contribution < 1.29 is 4.79 Å². The molecular formula is C8H14OP2. The third-order valence-electron chi connectivity index (χ3n) is 1.44. The van der Waals surface area contributed by atoms with Gasteiger partial charge in [0.05, 0.1) is 0 Å². The van der Waals surface area contributed by atoms with Crippen molar-refractivity contribution in [2.24, 2.45) is 5.92 Å². The molecule has 0 aliphatic rings. The van der Waals surface area contributed by atoms with Gasteiger partial charge >= 0.3 is 0 Å². The summed E-state index contributed by atoms with van der Waals surface area (Å²) in [6.07, 6.45) is 7.56. The Balaban J connectivity index is 3.66. The van der Waals surface area contributed by atoms with E-state index in [1.807, 2.05) is 0 Å². The maximum absolute atomic E-state index is 10.2. The zero-order chi connectivity index (χ0) is 8.53.